The molecule has 0 unspecified atom stereocenters. The molecule has 1 aliphatic heterocycles. The number of carbonyl (C=O) groups excluding carboxylic acids is 2. The molecule has 30 heavy (non-hydrogen) atoms. The molecule has 2 amide bonds. The van der Waals surface area contributed by atoms with Crippen molar-refractivity contribution in [1.82, 2.24) is 20.0 Å². The quantitative estimate of drug-likeness (QED) is 0.614. The summed E-state index contributed by atoms with van der Waals surface area (Å²) in [4.78, 5) is 26.5. The second kappa shape index (κ2) is 8.95. The first-order valence-electron chi connectivity index (χ1n) is 10.4. The summed E-state index contributed by atoms with van der Waals surface area (Å²) >= 11 is 0. The van der Waals surface area contributed by atoms with Crippen LogP contribution in [0.15, 0.2) is 60.8 Å². The number of hydrogen-bond acceptors (Lipinski definition) is 3. The molecule has 1 aromatic heterocycles. The molecule has 0 aliphatic carbocycles. The predicted octanol–water partition coefficient (Wildman–Crippen LogP) is 3.59. The van der Waals surface area contributed by atoms with E-state index in [0.29, 0.717) is 30.8 Å². The zero-order valence-corrected chi connectivity index (χ0v) is 17.2. The highest BCUT2D eigenvalue weighted by Gasteiger charge is 2.20. The van der Waals surface area contributed by atoms with Gasteiger partial charge in [0.15, 0.2) is 0 Å². The van der Waals surface area contributed by atoms with Gasteiger partial charge in [0.25, 0.3) is 5.91 Å². The number of rotatable bonds is 7. The van der Waals surface area contributed by atoms with E-state index in [-0.39, 0.29) is 11.8 Å². The lowest BCUT2D eigenvalue weighted by Crippen LogP contribution is -2.30. The van der Waals surface area contributed by atoms with Gasteiger partial charge in [0, 0.05) is 37.8 Å². The third-order valence-corrected chi connectivity index (χ3v) is 5.37. The van der Waals surface area contributed by atoms with E-state index in [4.69, 9.17) is 5.10 Å². The number of aromatic nitrogens is 2. The summed E-state index contributed by atoms with van der Waals surface area (Å²) in [5.41, 5.74) is 4.17. The Labute approximate surface area is 176 Å². The normalized spacial score (nSPS) is 13.6. The minimum absolute atomic E-state index is 0.153. The lowest BCUT2D eigenvalue weighted by Gasteiger charge is -2.15. The van der Waals surface area contributed by atoms with Gasteiger partial charge >= 0.3 is 0 Å². The van der Waals surface area contributed by atoms with Gasteiger partial charge in [-0.2, -0.15) is 5.10 Å². The molecule has 0 spiro atoms. The van der Waals surface area contributed by atoms with Gasteiger partial charge in [-0.15, -0.1) is 0 Å². The molecule has 1 fully saturated rings. The Hall–Kier alpha value is -3.41. The standard InChI is InChI=1S/C24H26N4O2/c1-18-10-12-20(13-11-18)28-17-21(23(26-28)19-7-3-2-4-8-19)24(30)25-14-6-16-27-15-5-9-22(27)29/h2-4,7-8,10-13,17H,5-6,9,14-16H2,1H3,(H,25,30). The summed E-state index contributed by atoms with van der Waals surface area (Å²) in [6.07, 6.45) is 4.10. The van der Waals surface area contributed by atoms with Gasteiger partial charge in [0.2, 0.25) is 5.91 Å². The van der Waals surface area contributed by atoms with Crippen LogP contribution < -0.4 is 5.32 Å². The molecule has 6 nitrogen and oxygen atoms in total. The van der Waals surface area contributed by atoms with Crippen molar-refractivity contribution in [2.45, 2.75) is 26.2 Å². The van der Waals surface area contributed by atoms with Gasteiger partial charge in [0.1, 0.15) is 5.69 Å². The number of hydrogen-bond donors (Lipinski definition) is 1. The zero-order valence-electron chi connectivity index (χ0n) is 17.2. The van der Waals surface area contributed by atoms with Crippen LogP contribution in [0.1, 0.15) is 35.2 Å². The Balaban J connectivity index is 1.50. The molecule has 0 radical (unpaired) electrons. The molecule has 0 atom stereocenters. The second-order valence-corrected chi connectivity index (χ2v) is 7.63. The van der Waals surface area contributed by atoms with Crippen LogP contribution in [0.4, 0.5) is 0 Å². The molecule has 3 aromatic rings. The first kappa shape index (κ1) is 19.9. The average Bonchev–Trinajstić information content (AvgIpc) is 3.39. The van der Waals surface area contributed by atoms with E-state index in [2.05, 4.69) is 5.32 Å². The van der Waals surface area contributed by atoms with Gasteiger partial charge in [-0.05, 0) is 31.9 Å². The molecule has 0 bridgehead atoms. The lowest BCUT2D eigenvalue weighted by molar-refractivity contribution is -0.127. The molecule has 1 N–H and O–H groups in total. The predicted molar refractivity (Wildman–Crippen MR) is 117 cm³/mol. The summed E-state index contributed by atoms with van der Waals surface area (Å²) in [6.45, 7) is 4.07. The van der Waals surface area contributed by atoms with Crippen LogP contribution in [0.2, 0.25) is 0 Å². The highest BCUT2D eigenvalue weighted by molar-refractivity contribution is 5.99. The monoisotopic (exact) mass is 402 g/mol. The molecule has 2 aromatic carbocycles. The van der Waals surface area contributed by atoms with E-state index >= 15 is 0 Å². The van der Waals surface area contributed by atoms with E-state index < -0.39 is 0 Å². The molecule has 1 saturated heterocycles. The Bertz CT molecular complexity index is 1030. The van der Waals surface area contributed by atoms with Crippen molar-refractivity contribution in [2.24, 2.45) is 0 Å². The van der Waals surface area contributed by atoms with Crippen LogP contribution in [0, 0.1) is 6.92 Å². The van der Waals surface area contributed by atoms with Gasteiger partial charge in [0.05, 0.1) is 11.3 Å². The van der Waals surface area contributed by atoms with E-state index in [1.807, 2.05) is 66.4 Å². The number of nitrogens with one attached hydrogen (secondary N) is 1. The highest BCUT2D eigenvalue weighted by atomic mass is 16.2. The van der Waals surface area contributed by atoms with E-state index in [9.17, 15) is 9.59 Å². The van der Waals surface area contributed by atoms with Crippen molar-refractivity contribution in [1.29, 1.82) is 0 Å². The number of nitrogens with zero attached hydrogens (tertiary/aromatic N) is 3. The van der Waals surface area contributed by atoms with Crippen molar-refractivity contribution in [3.8, 4) is 16.9 Å². The average molecular weight is 402 g/mol. The smallest absolute Gasteiger partial charge is 0.255 e. The van der Waals surface area contributed by atoms with Gasteiger partial charge in [-0.3, -0.25) is 9.59 Å². The largest absolute Gasteiger partial charge is 0.352 e. The summed E-state index contributed by atoms with van der Waals surface area (Å²) in [6, 6.07) is 17.8. The van der Waals surface area contributed by atoms with Crippen LogP contribution in [0.5, 0.6) is 0 Å². The van der Waals surface area contributed by atoms with Crippen molar-refractivity contribution >= 4 is 11.8 Å². The SMILES string of the molecule is Cc1ccc(-n2cc(C(=O)NCCCN3CCCC3=O)c(-c3ccccc3)n2)cc1. The summed E-state index contributed by atoms with van der Waals surface area (Å²) in [5, 5.41) is 7.70. The highest BCUT2D eigenvalue weighted by Crippen LogP contribution is 2.24. The second-order valence-electron chi connectivity index (χ2n) is 7.63. The number of amides is 2. The molecule has 6 heteroatoms. The van der Waals surface area contributed by atoms with Crippen molar-refractivity contribution < 1.29 is 9.59 Å². The maximum absolute atomic E-state index is 13.0. The van der Waals surface area contributed by atoms with E-state index in [1.54, 1.807) is 10.9 Å². The first-order chi connectivity index (χ1) is 14.6. The third kappa shape index (κ3) is 4.43. The number of carbonyl (C=O) groups is 2. The van der Waals surface area contributed by atoms with Gasteiger partial charge in [-0.25, -0.2) is 4.68 Å². The summed E-state index contributed by atoms with van der Waals surface area (Å²) < 4.78 is 1.75. The third-order valence-electron chi connectivity index (χ3n) is 5.37. The molecule has 2 heterocycles. The number of aryl methyl sites for hydroxylation is 1. The summed E-state index contributed by atoms with van der Waals surface area (Å²) in [5.74, 6) is 0.0621. The molecular formula is C24H26N4O2. The molecule has 1 aliphatic rings. The molecular weight excluding hydrogens is 376 g/mol. The molecule has 4 rings (SSSR count). The topological polar surface area (TPSA) is 67.2 Å². The Morgan fingerprint density at radius 3 is 2.57 bits per heavy atom. The van der Waals surface area contributed by atoms with Crippen LogP contribution in [-0.2, 0) is 4.79 Å². The minimum atomic E-state index is -0.153. The number of benzene rings is 2. The van der Waals surface area contributed by atoms with Crippen molar-refractivity contribution in [3.63, 3.8) is 0 Å². The van der Waals surface area contributed by atoms with E-state index in [0.717, 1.165) is 30.6 Å². The maximum atomic E-state index is 13.0. The van der Waals surface area contributed by atoms with Gasteiger partial charge < -0.3 is 10.2 Å². The Kier molecular flexibility index (Phi) is 5.93. The molecule has 0 saturated carbocycles. The lowest BCUT2D eigenvalue weighted by atomic mass is 10.1. The van der Waals surface area contributed by atoms with Crippen molar-refractivity contribution in [2.75, 3.05) is 19.6 Å². The number of likely N-dealkylation sites (tertiary alicyclic amines) is 1. The summed E-state index contributed by atoms with van der Waals surface area (Å²) in [7, 11) is 0. The van der Waals surface area contributed by atoms with Gasteiger partial charge in [-0.1, -0.05) is 48.0 Å². The van der Waals surface area contributed by atoms with Crippen molar-refractivity contribution in [3.05, 3.63) is 71.9 Å². The fourth-order valence-electron chi connectivity index (χ4n) is 3.69. The van der Waals surface area contributed by atoms with Crippen LogP contribution in [0.3, 0.4) is 0 Å². The Morgan fingerprint density at radius 1 is 1.10 bits per heavy atom. The Morgan fingerprint density at radius 2 is 1.87 bits per heavy atom. The fraction of sp³-hybridized carbons (Fsp3) is 0.292. The van der Waals surface area contributed by atoms with Crippen LogP contribution in [-0.4, -0.2) is 46.1 Å². The molecule has 154 valence electrons. The van der Waals surface area contributed by atoms with E-state index in [1.165, 1.54) is 5.56 Å². The first-order valence-corrected chi connectivity index (χ1v) is 10.4. The fourth-order valence-corrected chi connectivity index (χ4v) is 3.69. The minimum Gasteiger partial charge on any atom is -0.352 e. The zero-order chi connectivity index (χ0) is 20.9. The maximum Gasteiger partial charge on any atom is 0.255 e. The van der Waals surface area contributed by atoms with Crippen LogP contribution in [0.25, 0.3) is 16.9 Å². The van der Waals surface area contributed by atoms with Crippen LogP contribution >= 0.6 is 0 Å².